The molecule has 15 N–H and O–H groups in total. The zero-order chi connectivity index (χ0) is 64.1. The van der Waals surface area contributed by atoms with E-state index in [-0.39, 0.29) is 81.0 Å². The Kier molecular flexibility index (Phi) is 27.1. The van der Waals surface area contributed by atoms with E-state index in [0.29, 0.717) is 36.0 Å². The molecule has 26 nitrogen and oxygen atoms in total. The van der Waals surface area contributed by atoms with Gasteiger partial charge in [-0.2, -0.15) is 25.3 Å². The molecule has 0 unspecified atom stereocenters. The molecular formula is C59H81N11O15S2. The molecule has 0 aliphatic carbocycles. The van der Waals surface area contributed by atoms with Crippen molar-refractivity contribution in [2.24, 2.45) is 17.4 Å². The van der Waals surface area contributed by atoms with Crippen molar-refractivity contribution in [2.75, 3.05) is 24.6 Å². The van der Waals surface area contributed by atoms with Gasteiger partial charge in [0.25, 0.3) is 0 Å². The van der Waals surface area contributed by atoms with E-state index in [1.54, 1.807) is 51.1 Å². The summed E-state index contributed by atoms with van der Waals surface area (Å²) in [5.74, 6) is -10.4. The maximum Gasteiger partial charge on any atom is 0.327 e. The van der Waals surface area contributed by atoms with Crippen molar-refractivity contribution in [1.82, 2.24) is 47.0 Å². The number of hydrogen-bond donors (Lipinski definition) is 15. The number of likely N-dealkylation sites (tertiary alicyclic amines) is 2. The van der Waals surface area contributed by atoms with Gasteiger partial charge in [0.1, 0.15) is 65.9 Å². The molecule has 5 rings (SSSR count). The lowest BCUT2D eigenvalue weighted by atomic mass is 9.97. The lowest BCUT2D eigenvalue weighted by Crippen LogP contribution is -2.61. The Hall–Kier alpha value is -7.95. The zero-order valence-electron chi connectivity index (χ0n) is 48.8. The number of aliphatic hydroxyl groups excluding tert-OH is 1. The van der Waals surface area contributed by atoms with Crippen LogP contribution in [0.4, 0.5) is 0 Å². The van der Waals surface area contributed by atoms with Crippen LogP contribution in [0.1, 0.15) is 88.8 Å². The van der Waals surface area contributed by atoms with E-state index in [1.807, 2.05) is 0 Å². The van der Waals surface area contributed by atoms with Crippen LogP contribution in [0, 0.1) is 5.92 Å². The SMILES string of the molecule is CCC[C@H](NC(=O)[C@@H](NC(=O)[C@@H]1C[C@@H](O)CN1C(=O)[C@@H]1CCCN1C(=O)[C@H](Cc1ccccc1)NC(=O)[C@H](Cc1ccc(O)cc1)NC(=O)[C@H](CCC(N)=O)NC(=O)[C@H](Cc1ccc(O)cc1)NC(=O)[C@@H](N)CS)[C@@H](C)CC)C(=O)N[C@@H](CS)C(=O)O. The predicted octanol–water partition coefficient (Wildman–Crippen LogP) is -1.14. The number of nitrogens with one attached hydrogen (secondary N) is 7. The number of hydrogen-bond acceptors (Lipinski definition) is 17. The number of carbonyl (C=O) groups excluding carboxylic acids is 10. The summed E-state index contributed by atoms with van der Waals surface area (Å²) in [7, 11) is 0. The summed E-state index contributed by atoms with van der Waals surface area (Å²) in [4.78, 5) is 154. The summed E-state index contributed by atoms with van der Waals surface area (Å²) in [5, 5.41) is 58.9. The molecule has 12 atom stereocenters. The summed E-state index contributed by atoms with van der Waals surface area (Å²) < 4.78 is 0. The first-order valence-electron chi connectivity index (χ1n) is 28.9. The zero-order valence-corrected chi connectivity index (χ0v) is 50.6. The number of primary amides is 1. The fourth-order valence-electron chi connectivity index (χ4n) is 10.2. The Morgan fingerprint density at radius 2 is 1.08 bits per heavy atom. The van der Waals surface area contributed by atoms with Crippen LogP contribution in [0.2, 0.25) is 0 Å². The molecule has 2 heterocycles. The smallest absolute Gasteiger partial charge is 0.327 e. The molecule has 0 radical (unpaired) electrons. The second kappa shape index (κ2) is 33.8. The second-order valence-corrected chi connectivity index (χ2v) is 22.6. The highest BCUT2D eigenvalue weighted by molar-refractivity contribution is 7.80. The summed E-state index contributed by atoms with van der Waals surface area (Å²) >= 11 is 8.08. The van der Waals surface area contributed by atoms with Gasteiger partial charge in [-0.3, -0.25) is 47.9 Å². The number of nitrogens with zero attached hydrogens (tertiary/aromatic N) is 2. The summed E-state index contributed by atoms with van der Waals surface area (Å²) in [5.41, 5.74) is 12.9. The number of thiol groups is 2. The van der Waals surface area contributed by atoms with Gasteiger partial charge in [-0.1, -0.05) is 88.2 Å². The van der Waals surface area contributed by atoms with Crippen molar-refractivity contribution in [3.63, 3.8) is 0 Å². The third-order valence-electron chi connectivity index (χ3n) is 15.2. The van der Waals surface area contributed by atoms with Crippen LogP contribution in [-0.2, 0) is 72.0 Å². The van der Waals surface area contributed by atoms with Gasteiger partial charge in [-0.15, -0.1) is 0 Å². The van der Waals surface area contributed by atoms with Crippen LogP contribution in [0.25, 0.3) is 0 Å². The van der Waals surface area contributed by atoms with Gasteiger partial charge in [-0.05, 0) is 72.6 Å². The van der Waals surface area contributed by atoms with Crippen LogP contribution in [0.5, 0.6) is 11.5 Å². The van der Waals surface area contributed by atoms with Crippen molar-refractivity contribution in [3.8, 4) is 11.5 Å². The minimum Gasteiger partial charge on any atom is -0.508 e. The molecule has 10 amide bonds. The minimum atomic E-state index is -1.57. The van der Waals surface area contributed by atoms with Crippen LogP contribution in [0.15, 0.2) is 78.9 Å². The standard InChI is InChI=1S/C59H81N11O15S2/c1-4-10-40(51(76)67-45(31-87)59(84)85)63-56(81)49(32(3)5-2)68-55(80)47-28-38(73)29-70(47)58(83)46-13-9-24-69(46)57(82)44(27-33-11-7-6-8-12-33)66-54(79)43(26-35-16-20-37(72)21-17-35)65-52(77)41(22-23-48(61)74)62-53(78)42(64-50(75)39(60)30-86)25-34-14-18-36(71)19-15-34/h6-8,11-12,14-21,32,38-47,49,71-73,86-87H,4-5,9-10,13,22-31,60H2,1-3H3,(H2,61,74)(H,62,78)(H,63,81)(H,64,75)(H,65,77)(H,66,79)(H,67,76)(H,68,80)(H,84,85)/t32-,38+,39-,40-,41-,42-,43-,44-,45-,46-,47-,49-/m0/s1. The molecule has 0 bridgehead atoms. The Bertz CT molecular complexity index is 2890. The van der Waals surface area contributed by atoms with E-state index in [4.69, 9.17) is 11.5 Å². The van der Waals surface area contributed by atoms with Gasteiger partial charge in [0.05, 0.1) is 12.1 Å². The summed E-state index contributed by atoms with van der Waals surface area (Å²) in [6, 6.07) is 6.70. The van der Waals surface area contributed by atoms with E-state index >= 15 is 4.79 Å². The number of amides is 10. The maximum atomic E-state index is 15.1. The molecule has 28 heteroatoms. The molecule has 0 spiro atoms. The van der Waals surface area contributed by atoms with Gasteiger partial charge in [0, 0.05) is 56.7 Å². The minimum absolute atomic E-state index is 0.0251. The quantitative estimate of drug-likeness (QED) is 0.0329. The topological polar surface area (TPSA) is 411 Å². The van der Waals surface area contributed by atoms with Crippen molar-refractivity contribution >= 4 is 90.3 Å². The van der Waals surface area contributed by atoms with Gasteiger partial charge < -0.3 is 78.9 Å². The van der Waals surface area contributed by atoms with Gasteiger partial charge in [0.2, 0.25) is 59.1 Å². The van der Waals surface area contributed by atoms with Crippen LogP contribution in [0.3, 0.4) is 0 Å². The van der Waals surface area contributed by atoms with E-state index in [0.717, 1.165) is 4.90 Å². The number of aromatic hydroxyl groups is 2. The van der Waals surface area contributed by atoms with Crippen molar-refractivity contribution < 1.29 is 73.2 Å². The molecule has 474 valence electrons. The van der Waals surface area contributed by atoms with Gasteiger partial charge >= 0.3 is 5.97 Å². The molecule has 2 aliphatic heterocycles. The normalized spacial score (nSPS) is 18.6. The van der Waals surface area contributed by atoms with Crippen LogP contribution < -0.4 is 48.7 Å². The molecular weight excluding hydrogens is 1170 g/mol. The molecule has 2 aliphatic rings. The highest BCUT2D eigenvalue weighted by Gasteiger charge is 2.47. The number of phenols is 2. The van der Waals surface area contributed by atoms with Gasteiger partial charge in [-0.25, -0.2) is 4.79 Å². The van der Waals surface area contributed by atoms with Crippen molar-refractivity contribution in [1.29, 1.82) is 0 Å². The fraction of sp³-hybridized carbons (Fsp3) is 0.508. The molecule has 0 saturated carbocycles. The Balaban J connectivity index is 1.42. The number of carboxylic acids is 1. The number of β-amino-alcohol motifs (C(OH)–C–C–N with tert-alkyl or cyclic N) is 1. The Morgan fingerprint density at radius 3 is 1.60 bits per heavy atom. The number of carboxylic acid groups (broad SMARTS) is 1. The highest BCUT2D eigenvalue weighted by Crippen LogP contribution is 2.27. The number of aliphatic hydroxyl groups is 1. The highest BCUT2D eigenvalue weighted by atomic mass is 32.1. The first-order chi connectivity index (χ1) is 41.4. The molecule has 2 saturated heterocycles. The Morgan fingerprint density at radius 1 is 0.598 bits per heavy atom. The summed E-state index contributed by atoms with van der Waals surface area (Å²) in [6.45, 7) is 4.94. The van der Waals surface area contributed by atoms with Gasteiger partial charge in [0.15, 0.2) is 0 Å². The molecule has 2 fully saturated rings. The molecule has 3 aromatic rings. The van der Waals surface area contributed by atoms with Crippen molar-refractivity contribution in [2.45, 2.75) is 158 Å². The summed E-state index contributed by atoms with van der Waals surface area (Å²) in [6.07, 6.45) is -1.42. The monoisotopic (exact) mass is 1250 g/mol. The van der Waals surface area contributed by atoms with E-state index < -0.39 is 144 Å². The molecule has 3 aromatic carbocycles. The third-order valence-corrected chi connectivity index (χ3v) is 16.0. The number of aliphatic carboxylic acids is 1. The predicted molar refractivity (Wildman–Crippen MR) is 324 cm³/mol. The van der Waals surface area contributed by atoms with E-state index in [1.165, 1.54) is 53.4 Å². The van der Waals surface area contributed by atoms with Crippen LogP contribution in [-0.4, -0.2) is 186 Å². The number of rotatable bonds is 32. The largest absolute Gasteiger partial charge is 0.508 e. The lowest BCUT2D eigenvalue weighted by Gasteiger charge is -2.34. The lowest BCUT2D eigenvalue weighted by molar-refractivity contribution is -0.148. The number of carbonyl (C=O) groups is 11. The maximum absolute atomic E-state index is 15.1. The van der Waals surface area contributed by atoms with E-state index in [9.17, 15) is 68.4 Å². The number of phenolic OH excluding ortho intramolecular Hbond substituents is 2. The van der Waals surface area contributed by atoms with Crippen LogP contribution >= 0.6 is 25.3 Å². The van der Waals surface area contributed by atoms with E-state index in [2.05, 4.69) is 62.5 Å². The first-order valence-corrected chi connectivity index (χ1v) is 30.1. The van der Waals surface area contributed by atoms with Crippen molar-refractivity contribution in [3.05, 3.63) is 95.6 Å². The number of nitrogens with two attached hydrogens (primary N) is 2. The Labute approximate surface area is 515 Å². The second-order valence-electron chi connectivity index (χ2n) is 21.9. The molecule has 87 heavy (non-hydrogen) atoms. The average molecular weight is 1250 g/mol. The molecule has 0 aromatic heterocycles. The average Bonchev–Trinajstić information content (AvgIpc) is 1.88. The number of benzene rings is 3. The fourth-order valence-corrected chi connectivity index (χ4v) is 10.6. The third kappa shape index (κ3) is 20.6. The first kappa shape index (κ1) is 69.8.